The van der Waals surface area contributed by atoms with E-state index in [2.05, 4.69) is 15.2 Å². The van der Waals surface area contributed by atoms with Crippen LogP contribution < -0.4 is 5.32 Å². The first kappa shape index (κ1) is 26.0. The van der Waals surface area contributed by atoms with Gasteiger partial charge < -0.3 is 15.0 Å². The fourth-order valence-electron chi connectivity index (χ4n) is 3.49. The molecular weight excluding hydrogens is 455 g/mol. The Labute approximate surface area is 205 Å². The van der Waals surface area contributed by atoms with E-state index in [0.717, 1.165) is 31.6 Å². The van der Waals surface area contributed by atoms with E-state index in [0.29, 0.717) is 36.0 Å². The third-order valence-corrected chi connectivity index (χ3v) is 6.34. The molecule has 9 heteroatoms. The Hall–Kier alpha value is -2.65. The molecular formula is C25H33FN4O3S. The van der Waals surface area contributed by atoms with Crippen molar-refractivity contribution in [3.63, 3.8) is 0 Å². The van der Waals surface area contributed by atoms with Crippen molar-refractivity contribution >= 4 is 23.8 Å². The van der Waals surface area contributed by atoms with Gasteiger partial charge in [0.25, 0.3) is 5.91 Å². The summed E-state index contributed by atoms with van der Waals surface area (Å²) in [6, 6.07) is 9.85. The van der Waals surface area contributed by atoms with Crippen LogP contribution in [0.2, 0.25) is 0 Å². The smallest absolute Gasteiger partial charge is 0.410 e. The second kappa shape index (κ2) is 12.2. The number of rotatable bonds is 8. The molecule has 1 aromatic carbocycles. The molecule has 2 heterocycles. The molecule has 2 aromatic rings. The van der Waals surface area contributed by atoms with Crippen molar-refractivity contribution < 1.29 is 18.7 Å². The third kappa shape index (κ3) is 8.29. The van der Waals surface area contributed by atoms with Gasteiger partial charge in [-0.1, -0.05) is 12.1 Å². The van der Waals surface area contributed by atoms with Crippen LogP contribution in [0.1, 0.15) is 43.1 Å². The Bertz CT molecular complexity index is 957. The number of piperazine rings is 1. The lowest BCUT2D eigenvalue weighted by Crippen LogP contribution is -2.50. The second-order valence-electron chi connectivity index (χ2n) is 9.19. The number of carbonyl (C=O) groups excluding carboxylic acids is 2. The van der Waals surface area contributed by atoms with Crippen molar-refractivity contribution in [2.45, 2.75) is 43.6 Å². The largest absolute Gasteiger partial charge is 0.444 e. The minimum atomic E-state index is -0.486. The minimum absolute atomic E-state index is 0.149. The van der Waals surface area contributed by atoms with E-state index in [1.165, 1.54) is 23.9 Å². The van der Waals surface area contributed by atoms with Gasteiger partial charge in [-0.15, -0.1) is 11.8 Å². The van der Waals surface area contributed by atoms with E-state index in [1.807, 2.05) is 20.8 Å². The Kier molecular flexibility index (Phi) is 9.29. The number of hydrogen-bond donors (Lipinski definition) is 1. The fraction of sp³-hybridized carbons (Fsp3) is 0.480. The van der Waals surface area contributed by atoms with E-state index in [1.54, 1.807) is 35.4 Å². The van der Waals surface area contributed by atoms with Gasteiger partial charge in [-0.2, -0.15) is 0 Å². The molecule has 0 radical (unpaired) electrons. The van der Waals surface area contributed by atoms with Crippen LogP contribution in [-0.4, -0.2) is 71.7 Å². The Morgan fingerprint density at radius 3 is 2.50 bits per heavy atom. The molecule has 1 aliphatic rings. The highest BCUT2D eigenvalue weighted by atomic mass is 32.2. The maximum absolute atomic E-state index is 13.1. The summed E-state index contributed by atoms with van der Waals surface area (Å²) in [5.74, 6) is 0.188. The van der Waals surface area contributed by atoms with Crippen LogP contribution in [0.4, 0.5) is 9.18 Å². The van der Waals surface area contributed by atoms with Gasteiger partial charge in [0.15, 0.2) is 0 Å². The number of aromatic nitrogens is 1. The quantitative estimate of drug-likeness (QED) is 0.444. The molecule has 1 aliphatic heterocycles. The fourth-order valence-corrected chi connectivity index (χ4v) is 4.44. The van der Waals surface area contributed by atoms with Crippen molar-refractivity contribution in [1.82, 2.24) is 20.1 Å². The number of carbonyl (C=O) groups is 2. The molecule has 0 atom stereocenters. The highest BCUT2D eigenvalue weighted by Crippen LogP contribution is 2.24. The number of nitrogens with zero attached hydrogens (tertiary/aromatic N) is 3. The highest BCUT2D eigenvalue weighted by Gasteiger charge is 2.25. The number of nitrogens with one attached hydrogen (secondary N) is 1. The van der Waals surface area contributed by atoms with Crippen molar-refractivity contribution in [2.75, 3.05) is 39.3 Å². The van der Waals surface area contributed by atoms with Gasteiger partial charge >= 0.3 is 6.09 Å². The highest BCUT2D eigenvalue weighted by molar-refractivity contribution is 7.98. The monoisotopic (exact) mass is 488 g/mol. The van der Waals surface area contributed by atoms with Crippen molar-refractivity contribution in [3.8, 4) is 0 Å². The number of pyridine rings is 1. The molecule has 34 heavy (non-hydrogen) atoms. The van der Waals surface area contributed by atoms with Gasteiger partial charge in [-0.25, -0.2) is 14.2 Å². The predicted octanol–water partition coefficient (Wildman–Crippen LogP) is 4.19. The molecule has 1 aromatic heterocycles. The number of ether oxygens (including phenoxy) is 1. The topological polar surface area (TPSA) is 74.8 Å². The minimum Gasteiger partial charge on any atom is -0.444 e. The Morgan fingerprint density at radius 1 is 1.12 bits per heavy atom. The van der Waals surface area contributed by atoms with E-state index in [-0.39, 0.29) is 17.8 Å². The van der Waals surface area contributed by atoms with Gasteiger partial charge in [0.2, 0.25) is 0 Å². The van der Waals surface area contributed by atoms with Gasteiger partial charge in [-0.05, 0) is 63.6 Å². The maximum Gasteiger partial charge on any atom is 0.410 e. The molecule has 0 aliphatic carbocycles. The van der Waals surface area contributed by atoms with E-state index in [4.69, 9.17) is 4.74 Å². The summed E-state index contributed by atoms with van der Waals surface area (Å²) in [6.07, 6.45) is 2.22. The van der Waals surface area contributed by atoms with Gasteiger partial charge in [0.05, 0.1) is 5.56 Å². The number of thioether (sulfide) groups is 1. The second-order valence-corrected chi connectivity index (χ2v) is 10.2. The standard InChI is InChI=1S/C25H33FN4O3S/c1-25(2,3)33-24(32)30-16-14-29(15-17-30)13-5-12-27-22(31)21-6-4-11-28-23(21)34-18-19-7-9-20(26)10-8-19/h4,6-11H,5,12-18H2,1-3H3,(H,27,31). The molecule has 1 saturated heterocycles. The normalized spacial score (nSPS) is 14.6. The predicted molar refractivity (Wildman–Crippen MR) is 131 cm³/mol. The first-order valence-electron chi connectivity index (χ1n) is 11.5. The molecule has 7 nitrogen and oxygen atoms in total. The zero-order valence-electron chi connectivity index (χ0n) is 20.1. The van der Waals surface area contributed by atoms with Crippen LogP contribution in [0.25, 0.3) is 0 Å². The van der Waals surface area contributed by atoms with E-state index in [9.17, 15) is 14.0 Å². The summed E-state index contributed by atoms with van der Waals surface area (Å²) in [4.78, 5) is 33.3. The molecule has 0 saturated carbocycles. The molecule has 2 amide bonds. The lowest BCUT2D eigenvalue weighted by molar-refractivity contribution is 0.0144. The van der Waals surface area contributed by atoms with Gasteiger partial charge in [0.1, 0.15) is 16.4 Å². The number of halogens is 1. The Balaban J connectivity index is 1.39. The SMILES string of the molecule is CC(C)(C)OC(=O)N1CCN(CCCNC(=O)c2cccnc2SCc2ccc(F)cc2)CC1. The van der Waals surface area contributed by atoms with Crippen LogP contribution >= 0.6 is 11.8 Å². The van der Waals surface area contributed by atoms with Gasteiger partial charge in [-0.3, -0.25) is 9.69 Å². The summed E-state index contributed by atoms with van der Waals surface area (Å²) in [6.45, 7) is 9.89. The molecule has 3 rings (SSSR count). The summed E-state index contributed by atoms with van der Waals surface area (Å²) < 4.78 is 18.5. The molecule has 0 spiro atoms. The summed E-state index contributed by atoms with van der Waals surface area (Å²) in [7, 11) is 0. The average molecular weight is 489 g/mol. The Morgan fingerprint density at radius 2 is 1.82 bits per heavy atom. The maximum atomic E-state index is 13.1. The van der Waals surface area contributed by atoms with Crippen LogP contribution in [0.3, 0.4) is 0 Å². The average Bonchev–Trinajstić information content (AvgIpc) is 2.81. The lowest BCUT2D eigenvalue weighted by Gasteiger charge is -2.35. The van der Waals surface area contributed by atoms with Crippen molar-refractivity contribution in [1.29, 1.82) is 0 Å². The van der Waals surface area contributed by atoms with Crippen LogP contribution in [-0.2, 0) is 10.5 Å². The third-order valence-electron chi connectivity index (χ3n) is 5.27. The van der Waals surface area contributed by atoms with Gasteiger partial charge in [0, 0.05) is 44.7 Å². The first-order valence-corrected chi connectivity index (χ1v) is 12.5. The lowest BCUT2D eigenvalue weighted by atomic mass is 10.2. The van der Waals surface area contributed by atoms with Crippen molar-refractivity contribution in [3.05, 3.63) is 59.5 Å². The number of benzene rings is 1. The summed E-state index contributed by atoms with van der Waals surface area (Å²) in [5, 5.41) is 3.64. The molecule has 0 bridgehead atoms. The van der Waals surface area contributed by atoms with Crippen LogP contribution in [0.5, 0.6) is 0 Å². The number of hydrogen-bond acceptors (Lipinski definition) is 6. The molecule has 0 unspecified atom stereocenters. The summed E-state index contributed by atoms with van der Waals surface area (Å²) >= 11 is 1.46. The van der Waals surface area contributed by atoms with E-state index >= 15 is 0 Å². The summed E-state index contributed by atoms with van der Waals surface area (Å²) in [5.41, 5.74) is 1.02. The van der Waals surface area contributed by atoms with Crippen LogP contribution in [0.15, 0.2) is 47.6 Å². The zero-order valence-corrected chi connectivity index (χ0v) is 20.9. The van der Waals surface area contributed by atoms with Crippen LogP contribution in [0, 0.1) is 5.82 Å². The van der Waals surface area contributed by atoms with E-state index < -0.39 is 5.60 Å². The number of amides is 2. The molecule has 184 valence electrons. The molecule has 1 N–H and O–H groups in total. The molecule has 1 fully saturated rings. The first-order chi connectivity index (χ1) is 16.2. The van der Waals surface area contributed by atoms with Crippen molar-refractivity contribution in [2.24, 2.45) is 0 Å². The zero-order chi connectivity index (χ0) is 24.6.